The predicted molar refractivity (Wildman–Crippen MR) is 67.3 cm³/mol. The molecule has 0 saturated heterocycles. The van der Waals surface area contributed by atoms with Gasteiger partial charge in [0.05, 0.1) is 6.61 Å². The lowest BCUT2D eigenvalue weighted by atomic mass is 10.1. The van der Waals surface area contributed by atoms with Crippen LogP contribution in [-0.4, -0.2) is 17.4 Å². The number of alkyl halides is 1. The highest BCUT2D eigenvalue weighted by atomic mass is 79.9. The lowest BCUT2D eigenvalue weighted by Gasteiger charge is -2.07. The molecule has 0 spiro atoms. The molecule has 0 aromatic carbocycles. The molecular formula is C12H23BrO2. The predicted octanol–water partition coefficient (Wildman–Crippen LogP) is 4.06. The molecule has 0 saturated carbocycles. The molecule has 0 aromatic heterocycles. The molecule has 0 N–H and O–H groups in total. The summed E-state index contributed by atoms with van der Waals surface area (Å²) in [5.41, 5.74) is 0. The van der Waals surface area contributed by atoms with Crippen molar-refractivity contribution in [3.8, 4) is 0 Å². The van der Waals surface area contributed by atoms with E-state index in [9.17, 15) is 4.79 Å². The van der Waals surface area contributed by atoms with Crippen LogP contribution in [0.5, 0.6) is 0 Å². The molecule has 0 aromatic rings. The van der Waals surface area contributed by atoms with Crippen LogP contribution in [0.3, 0.4) is 0 Å². The van der Waals surface area contributed by atoms with E-state index in [0.29, 0.717) is 6.61 Å². The Morgan fingerprint density at radius 3 is 2.33 bits per heavy atom. The van der Waals surface area contributed by atoms with Crippen molar-refractivity contribution in [3.05, 3.63) is 0 Å². The molecule has 0 aliphatic rings. The van der Waals surface area contributed by atoms with Crippen molar-refractivity contribution in [2.24, 2.45) is 0 Å². The van der Waals surface area contributed by atoms with E-state index in [2.05, 4.69) is 22.9 Å². The van der Waals surface area contributed by atoms with Crippen LogP contribution in [0.4, 0.5) is 0 Å². The number of rotatable bonds is 9. The molecular weight excluding hydrogens is 256 g/mol. The van der Waals surface area contributed by atoms with Crippen molar-refractivity contribution < 1.29 is 9.53 Å². The van der Waals surface area contributed by atoms with Gasteiger partial charge >= 0.3 is 5.97 Å². The van der Waals surface area contributed by atoms with Gasteiger partial charge in [-0.1, -0.05) is 61.9 Å². The van der Waals surface area contributed by atoms with Crippen molar-refractivity contribution in [1.82, 2.24) is 0 Å². The van der Waals surface area contributed by atoms with Crippen molar-refractivity contribution in [3.63, 3.8) is 0 Å². The Hall–Kier alpha value is -0.0500. The van der Waals surface area contributed by atoms with Crippen LogP contribution in [0, 0.1) is 0 Å². The van der Waals surface area contributed by atoms with E-state index < -0.39 is 0 Å². The van der Waals surface area contributed by atoms with Gasteiger partial charge in [-0.15, -0.1) is 0 Å². The average Bonchev–Trinajstić information content (AvgIpc) is 2.26. The first-order valence-corrected chi connectivity index (χ1v) is 6.94. The summed E-state index contributed by atoms with van der Waals surface area (Å²) in [6.07, 6.45) is 8.12. The van der Waals surface area contributed by atoms with Crippen LogP contribution in [0.1, 0.15) is 58.8 Å². The van der Waals surface area contributed by atoms with Gasteiger partial charge in [0.1, 0.15) is 4.83 Å². The number of hydrogen-bond acceptors (Lipinski definition) is 2. The lowest BCUT2D eigenvalue weighted by Crippen LogP contribution is -2.16. The highest BCUT2D eigenvalue weighted by Gasteiger charge is 2.12. The van der Waals surface area contributed by atoms with Gasteiger partial charge in [0, 0.05) is 0 Å². The fourth-order valence-electron chi connectivity index (χ4n) is 1.31. The zero-order chi connectivity index (χ0) is 11.5. The normalized spacial score (nSPS) is 12.5. The number of esters is 1. The van der Waals surface area contributed by atoms with Gasteiger partial charge in [0.2, 0.25) is 0 Å². The summed E-state index contributed by atoms with van der Waals surface area (Å²) in [7, 11) is 0. The fourth-order valence-corrected chi connectivity index (χ4v) is 1.44. The minimum Gasteiger partial charge on any atom is -0.465 e. The summed E-state index contributed by atoms with van der Waals surface area (Å²) in [5, 5.41) is 0. The fraction of sp³-hybridized carbons (Fsp3) is 0.917. The summed E-state index contributed by atoms with van der Waals surface area (Å²) >= 11 is 3.27. The Balaban J connectivity index is 3.20. The second-order valence-electron chi connectivity index (χ2n) is 3.81. The SMILES string of the molecule is CCCCCCCCOC(=O)C(Br)CC. The topological polar surface area (TPSA) is 26.3 Å². The molecule has 1 unspecified atom stereocenters. The third kappa shape index (κ3) is 8.91. The third-order valence-corrected chi connectivity index (χ3v) is 3.38. The first-order chi connectivity index (χ1) is 7.22. The molecule has 15 heavy (non-hydrogen) atoms. The maximum Gasteiger partial charge on any atom is 0.319 e. The van der Waals surface area contributed by atoms with Crippen LogP contribution in [-0.2, 0) is 9.53 Å². The molecule has 0 bridgehead atoms. The van der Waals surface area contributed by atoms with E-state index in [1.807, 2.05) is 6.92 Å². The summed E-state index contributed by atoms with van der Waals surface area (Å²) in [6.45, 7) is 4.75. The molecule has 0 aliphatic carbocycles. The van der Waals surface area contributed by atoms with Crippen molar-refractivity contribution in [2.75, 3.05) is 6.61 Å². The molecule has 3 heteroatoms. The number of carbonyl (C=O) groups excluding carboxylic acids is 1. The van der Waals surface area contributed by atoms with E-state index in [0.717, 1.165) is 12.8 Å². The third-order valence-electron chi connectivity index (χ3n) is 2.36. The van der Waals surface area contributed by atoms with Gasteiger partial charge in [-0.3, -0.25) is 4.79 Å². The number of halogens is 1. The number of ether oxygens (including phenoxy) is 1. The maximum absolute atomic E-state index is 11.2. The highest BCUT2D eigenvalue weighted by Crippen LogP contribution is 2.08. The Bertz CT molecular complexity index is 160. The second kappa shape index (κ2) is 10.5. The maximum atomic E-state index is 11.2. The molecule has 0 aliphatic heterocycles. The van der Waals surface area contributed by atoms with Crippen LogP contribution in [0.2, 0.25) is 0 Å². The van der Waals surface area contributed by atoms with Crippen LogP contribution < -0.4 is 0 Å². The van der Waals surface area contributed by atoms with Gasteiger partial charge in [-0.2, -0.15) is 0 Å². The molecule has 0 heterocycles. The second-order valence-corrected chi connectivity index (χ2v) is 4.92. The molecule has 90 valence electrons. The minimum absolute atomic E-state index is 0.119. The first-order valence-electron chi connectivity index (χ1n) is 6.03. The molecule has 0 rings (SSSR count). The van der Waals surface area contributed by atoms with E-state index in [-0.39, 0.29) is 10.8 Å². The molecule has 1 atom stereocenters. The number of carbonyl (C=O) groups is 1. The van der Waals surface area contributed by atoms with Crippen molar-refractivity contribution in [2.45, 2.75) is 63.6 Å². The molecule has 0 fully saturated rings. The smallest absolute Gasteiger partial charge is 0.319 e. The Kier molecular flexibility index (Phi) is 10.4. The Labute approximate surface area is 102 Å². The van der Waals surface area contributed by atoms with Gasteiger partial charge in [0.15, 0.2) is 0 Å². The quantitative estimate of drug-likeness (QED) is 0.361. The summed E-state index contributed by atoms with van der Waals surface area (Å²) in [6, 6.07) is 0. The average molecular weight is 279 g/mol. The monoisotopic (exact) mass is 278 g/mol. The van der Waals surface area contributed by atoms with Gasteiger partial charge in [-0.25, -0.2) is 0 Å². The summed E-state index contributed by atoms with van der Waals surface area (Å²) in [5.74, 6) is -0.119. The Morgan fingerprint density at radius 2 is 1.73 bits per heavy atom. The first kappa shape index (κ1) is 14.9. The molecule has 0 radical (unpaired) electrons. The van der Waals surface area contributed by atoms with E-state index in [1.165, 1.54) is 32.1 Å². The van der Waals surface area contributed by atoms with E-state index >= 15 is 0 Å². The van der Waals surface area contributed by atoms with Gasteiger partial charge < -0.3 is 4.74 Å². The number of unbranched alkanes of at least 4 members (excludes halogenated alkanes) is 5. The van der Waals surface area contributed by atoms with Crippen molar-refractivity contribution >= 4 is 21.9 Å². The van der Waals surface area contributed by atoms with Crippen LogP contribution in [0.25, 0.3) is 0 Å². The number of hydrogen-bond donors (Lipinski definition) is 0. The van der Waals surface area contributed by atoms with Crippen LogP contribution >= 0.6 is 15.9 Å². The minimum atomic E-state index is -0.127. The Morgan fingerprint density at radius 1 is 1.13 bits per heavy atom. The molecule has 2 nitrogen and oxygen atoms in total. The standard InChI is InChI=1S/C12H23BrO2/c1-3-5-6-7-8-9-10-15-12(14)11(13)4-2/h11H,3-10H2,1-2H3. The van der Waals surface area contributed by atoms with Gasteiger partial charge in [-0.05, 0) is 12.8 Å². The zero-order valence-corrected chi connectivity index (χ0v) is 11.5. The van der Waals surface area contributed by atoms with Crippen molar-refractivity contribution in [1.29, 1.82) is 0 Å². The van der Waals surface area contributed by atoms with Gasteiger partial charge in [0.25, 0.3) is 0 Å². The summed E-state index contributed by atoms with van der Waals surface area (Å²) < 4.78 is 5.12. The largest absolute Gasteiger partial charge is 0.465 e. The van der Waals surface area contributed by atoms with E-state index in [4.69, 9.17) is 4.74 Å². The highest BCUT2D eigenvalue weighted by molar-refractivity contribution is 9.10. The summed E-state index contributed by atoms with van der Waals surface area (Å²) in [4.78, 5) is 11.1. The molecule has 0 amide bonds. The van der Waals surface area contributed by atoms with E-state index in [1.54, 1.807) is 0 Å². The van der Waals surface area contributed by atoms with Crippen LogP contribution in [0.15, 0.2) is 0 Å². The lowest BCUT2D eigenvalue weighted by molar-refractivity contribution is -0.142. The zero-order valence-electron chi connectivity index (χ0n) is 9.93.